The number of hydrogen-bond acceptors (Lipinski definition) is 6. The molecule has 0 bridgehead atoms. The van der Waals surface area contributed by atoms with Crippen LogP contribution in [0.4, 0.5) is 5.00 Å². The Balaban J connectivity index is 1.93. The summed E-state index contributed by atoms with van der Waals surface area (Å²) < 4.78 is 10.6. The summed E-state index contributed by atoms with van der Waals surface area (Å²) in [5, 5.41) is 14.5. The SMILES string of the molecule is COc1ccc(-c2csc(NC(=O)[C@@H]3CCCC[C@@H]3C(=O)O)c2C(=O)OC(C)C)cc1. The molecule has 1 aromatic carbocycles. The highest BCUT2D eigenvalue weighted by Crippen LogP contribution is 2.38. The van der Waals surface area contributed by atoms with Crippen molar-refractivity contribution in [1.29, 1.82) is 0 Å². The normalized spacial score (nSPS) is 18.5. The zero-order valence-corrected chi connectivity index (χ0v) is 18.7. The van der Waals surface area contributed by atoms with Gasteiger partial charge < -0.3 is 19.9 Å². The fourth-order valence-corrected chi connectivity index (χ4v) is 4.81. The molecule has 1 amide bonds. The number of methoxy groups -OCH3 is 1. The number of nitrogens with one attached hydrogen (secondary N) is 1. The van der Waals surface area contributed by atoms with E-state index in [2.05, 4.69) is 5.32 Å². The largest absolute Gasteiger partial charge is 0.497 e. The molecule has 1 fully saturated rings. The van der Waals surface area contributed by atoms with Crippen LogP contribution >= 0.6 is 11.3 Å². The Bertz CT molecular complexity index is 949. The Morgan fingerprint density at radius 3 is 2.32 bits per heavy atom. The van der Waals surface area contributed by atoms with E-state index in [4.69, 9.17) is 9.47 Å². The van der Waals surface area contributed by atoms with Crippen LogP contribution < -0.4 is 10.1 Å². The van der Waals surface area contributed by atoms with Crippen LogP contribution in [-0.4, -0.2) is 36.2 Å². The minimum absolute atomic E-state index is 0.278. The van der Waals surface area contributed by atoms with E-state index in [1.54, 1.807) is 38.5 Å². The molecule has 166 valence electrons. The molecule has 1 aromatic heterocycles. The van der Waals surface area contributed by atoms with Crippen molar-refractivity contribution in [3.63, 3.8) is 0 Å². The Labute approximate surface area is 185 Å². The van der Waals surface area contributed by atoms with Gasteiger partial charge in [0.1, 0.15) is 16.3 Å². The van der Waals surface area contributed by atoms with Gasteiger partial charge >= 0.3 is 11.9 Å². The minimum Gasteiger partial charge on any atom is -0.497 e. The molecule has 7 nitrogen and oxygen atoms in total. The van der Waals surface area contributed by atoms with Crippen molar-refractivity contribution in [2.24, 2.45) is 11.8 Å². The molecule has 3 rings (SSSR count). The molecule has 2 atom stereocenters. The van der Waals surface area contributed by atoms with Crippen molar-refractivity contribution in [2.45, 2.75) is 45.6 Å². The van der Waals surface area contributed by atoms with Crippen LogP contribution in [0.3, 0.4) is 0 Å². The van der Waals surface area contributed by atoms with Gasteiger partial charge in [-0.3, -0.25) is 9.59 Å². The second-order valence-corrected chi connectivity index (χ2v) is 8.74. The first-order valence-electron chi connectivity index (χ1n) is 10.3. The summed E-state index contributed by atoms with van der Waals surface area (Å²) in [4.78, 5) is 37.5. The number of carboxylic acids is 1. The van der Waals surface area contributed by atoms with Crippen molar-refractivity contribution >= 4 is 34.2 Å². The molecular formula is C23H27NO6S. The second kappa shape index (κ2) is 9.96. The topological polar surface area (TPSA) is 102 Å². The van der Waals surface area contributed by atoms with Crippen molar-refractivity contribution in [3.05, 3.63) is 35.2 Å². The van der Waals surface area contributed by atoms with E-state index in [9.17, 15) is 19.5 Å². The number of benzene rings is 1. The lowest BCUT2D eigenvalue weighted by molar-refractivity contribution is -0.147. The molecule has 0 saturated heterocycles. The predicted octanol–water partition coefficient (Wildman–Crippen LogP) is 4.82. The lowest BCUT2D eigenvalue weighted by atomic mass is 9.79. The summed E-state index contributed by atoms with van der Waals surface area (Å²) in [6.45, 7) is 3.52. The Kier molecular flexibility index (Phi) is 7.33. The maximum absolute atomic E-state index is 13.0. The van der Waals surface area contributed by atoms with Crippen LogP contribution in [0, 0.1) is 11.8 Å². The average Bonchev–Trinajstić information content (AvgIpc) is 3.16. The number of esters is 1. The van der Waals surface area contributed by atoms with E-state index in [0.29, 0.717) is 29.2 Å². The maximum atomic E-state index is 13.0. The summed E-state index contributed by atoms with van der Waals surface area (Å²) in [6.07, 6.45) is 2.29. The van der Waals surface area contributed by atoms with E-state index < -0.39 is 23.8 Å². The molecule has 0 radical (unpaired) electrons. The van der Waals surface area contributed by atoms with Gasteiger partial charge in [0.15, 0.2) is 0 Å². The number of amides is 1. The molecule has 1 saturated carbocycles. The highest BCUT2D eigenvalue weighted by molar-refractivity contribution is 7.15. The Morgan fingerprint density at radius 1 is 1.10 bits per heavy atom. The predicted molar refractivity (Wildman–Crippen MR) is 119 cm³/mol. The number of rotatable bonds is 7. The summed E-state index contributed by atoms with van der Waals surface area (Å²) in [6, 6.07) is 7.26. The maximum Gasteiger partial charge on any atom is 0.342 e. The summed E-state index contributed by atoms with van der Waals surface area (Å²) in [7, 11) is 1.58. The molecule has 31 heavy (non-hydrogen) atoms. The van der Waals surface area contributed by atoms with E-state index in [-0.39, 0.29) is 17.6 Å². The van der Waals surface area contributed by atoms with Crippen LogP contribution in [0.15, 0.2) is 29.6 Å². The van der Waals surface area contributed by atoms with E-state index in [1.807, 2.05) is 12.1 Å². The molecule has 0 aliphatic heterocycles. The molecule has 1 aliphatic carbocycles. The minimum atomic E-state index is -0.954. The number of carboxylic acid groups (broad SMARTS) is 1. The van der Waals surface area contributed by atoms with Gasteiger partial charge in [-0.25, -0.2) is 4.79 Å². The van der Waals surface area contributed by atoms with Gasteiger partial charge in [0.25, 0.3) is 0 Å². The Hall–Kier alpha value is -2.87. The van der Waals surface area contributed by atoms with E-state index in [0.717, 1.165) is 18.4 Å². The molecule has 8 heteroatoms. The lowest BCUT2D eigenvalue weighted by Gasteiger charge is -2.27. The van der Waals surface area contributed by atoms with Crippen molar-refractivity contribution in [1.82, 2.24) is 0 Å². The molecule has 0 spiro atoms. The smallest absolute Gasteiger partial charge is 0.342 e. The first kappa shape index (κ1) is 22.8. The van der Waals surface area contributed by atoms with Crippen LogP contribution in [0.1, 0.15) is 49.9 Å². The fourth-order valence-electron chi connectivity index (χ4n) is 3.85. The van der Waals surface area contributed by atoms with Gasteiger partial charge in [-0.2, -0.15) is 0 Å². The van der Waals surface area contributed by atoms with Gasteiger partial charge in [0.2, 0.25) is 5.91 Å². The third-order valence-electron chi connectivity index (χ3n) is 5.40. The number of carbonyl (C=O) groups excluding carboxylic acids is 2. The number of carbonyl (C=O) groups is 3. The number of anilines is 1. The third-order valence-corrected chi connectivity index (χ3v) is 6.29. The van der Waals surface area contributed by atoms with Gasteiger partial charge in [0.05, 0.1) is 25.0 Å². The van der Waals surface area contributed by atoms with Crippen LogP contribution in [0.25, 0.3) is 11.1 Å². The average molecular weight is 446 g/mol. The summed E-state index contributed by atoms with van der Waals surface area (Å²) >= 11 is 1.23. The highest BCUT2D eigenvalue weighted by Gasteiger charge is 2.36. The molecule has 1 aliphatic rings. The quantitative estimate of drug-likeness (QED) is 0.593. The van der Waals surface area contributed by atoms with Gasteiger partial charge in [-0.05, 0) is 44.4 Å². The van der Waals surface area contributed by atoms with Gasteiger partial charge in [-0.15, -0.1) is 11.3 Å². The summed E-state index contributed by atoms with van der Waals surface area (Å²) in [5.74, 6) is -2.49. The number of aliphatic carboxylic acids is 1. The first-order chi connectivity index (χ1) is 14.8. The third kappa shape index (κ3) is 5.25. The van der Waals surface area contributed by atoms with Crippen molar-refractivity contribution in [2.75, 3.05) is 12.4 Å². The zero-order valence-electron chi connectivity index (χ0n) is 17.8. The molecular weight excluding hydrogens is 418 g/mol. The lowest BCUT2D eigenvalue weighted by Crippen LogP contribution is -2.36. The monoisotopic (exact) mass is 445 g/mol. The van der Waals surface area contributed by atoms with E-state index >= 15 is 0 Å². The Morgan fingerprint density at radius 2 is 1.74 bits per heavy atom. The van der Waals surface area contributed by atoms with Crippen LogP contribution in [0.2, 0.25) is 0 Å². The standard InChI is InChI=1S/C23H27NO6S/c1-13(2)30-23(28)19-18(14-8-10-15(29-3)11-9-14)12-31-21(19)24-20(25)16-6-4-5-7-17(16)22(26)27/h8-13,16-17H,4-7H2,1-3H3,(H,24,25)(H,26,27)/t16-,17+/m1/s1. The second-order valence-electron chi connectivity index (χ2n) is 7.86. The molecule has 0 unspecified atom stereocenters. The number of hydrogen-bond donors (Lipinski definition) is 2. The first-order valence-corrected chi connectivity index (χ1v) is 11.2. The zero-order chi connectivity index (χ0) is 22.5. The number of thiophene rings is 1. The van der Waals surface area contributed by atoms with Crippen molar-refractivity contribution in [3.8, 4) is 16.9 Å². The molecule has 2 aromatic rings. The van der Waals surface area contributed by atoms with Gasteiger partial charge in [-0.1, -0.05) is 25.0 Å². The van der Waals surface area contributed by atoms with Crippen LogP contribution in [-0.2, 0) is 14.3 Å². The molecule has 1 heterocycles. The van der Waals surface area contributed by atoms with Gasteiger partial charge in [0, 0.05) is 10.9 Å². The van der Waals surface area contributed by atoms with Crippen molar-refractivity contribution < 1.29 is 29.0 Å². The highest BCUT2D eigenvalue weighted by atomic mass is 32.1. The van der Waals surface area contributed by atoms with Crippen LogP contribution in [0.5, 0.6) is 5.75 Å². The molecule has 2 N–H and O–H groups in total. The van der Waals surface area contributed by atoms with E-state index in [1.165, 1.54) is 11.3 Å². The number of ether oxygens (including phenoxy) is 2. The fraction of sp³-hybridized carbons (Fsp3) is 0.435. The summed E-state index contributed by atoms with van der Waals surface area (Å²) in [5.41, 5.74) is 1.71.